The molecule has 0 spiro atoms. The van der Waals surface area contributed by atoms with Crippen LogP contribution in [0.25, 0.3) is 11.1 Å². The smallest absolute Gasteiger partial charge is 0.302 e. The Labute approximate surface area is 244 Å². The van der Waals surface area contributed by atoms with Crippen LogP contribution in [0.5, 0.6) is 0 Å². The zero-order chi connectivity index (χ0) is 29.6. The maximum absolute atomic E-state index is 13.7. The summed E-state index contributed by atoms with van der Waals surface area (Å²) in [6.45, 7) is 3.79. The molecule has 1 N–H and O–H groups in total. The van der Waals surface area contributed by atoms with Crippen LogP contribution in [0.3, 0.4) is 0 Å². The van der Waals surface area contributed by atoms with E-state index in [0.717, 1.165) is 16.7 Å². The quantitative estimate of drug-likeness (QED) is 0.285. The zero-order valence-electron chi connectivity index (χ0n) is 23.5. The van der Waals surface area contributed by atoms with Gasteiger partial charge in [-0.1, -0.05) is 60.2 Å². The second-order valence-corrected chi connectivity index (χ2v) is 10.0. The SMILES string of the molecule is CC(=O)OCCN1C(=O)CCN(C(=O)c2ccc(NC(=O)c3ccccc3-c3ccc(C)cc3)cc2)c2ccccc21. The van der Waals surface area contributed by atoms with Crippen LogP contribution in [0.1, 0.15) is 39.6 Å². The highest BCUT2D eigenvalue weighted by molar-refractivity contribution is 6.12. The standard InChI is InChI=1S/C34H31N3O5/c1-23-11-13-25(14-12-23)28-7-3-4-8-29(28)33(40)35-27-17-15-26(16-18-27)34(41)37-20-19-32(39)36(21-22-42-24(2)38)30-9-5-6-10-31(30)37/h3-18H,19-22H2,1-2H3,(H,35,40). The molecule has 212 valence electrons. The topological polar surface area (TPSA) is 96.0 Å². The van der Waals surface area contributed by atoms with Crippen LogP contribution in [0.2, 0.25) is 0 Å². The van der Waals surface area contributed by atoms with Gasteiger partial charge in [0, 0.05) is 36.7 Å². The van der Waals surface area contributed by atoms with Crippen molar-refractivity contribution in [2.75, 3.05) is 34.8 Å². The molecule has 1 heterocycles. The fourth-order valence-electron chi connectivity index (χ4n) is 4.97. The van der Waals surface area contributed by atoms with E-state index in [1.54, 1.807) is 58.3 Å². The van der Waals surface area contributed by atoms with E-state index in [-0.39, 0.29) is 43.8 Å². The van der Waals surface area contributed by atoms with E-state index in [1.807, 2.05) is 55.5 Å². The van der Waals surface area contributed by atoms with E-state index in [4.69, 9.17) is 4.74 Å². The van der Waals surface area contributed by atoms with Crippen molar-refractivity contribution in [3.63, 3.8) is 0 Å². The van der Waals surface area contributed by atoms with Gasteiger partial charge in [-0.15, -0.1) is 0 Å². The predicted molar refractivity (Wildman–Crippen MR) is 163 cm³/mol. The molecule has 3 amide bonds. The lowest BCUT2D eigenvalue weighted by Gasteiger charge is -2.25. The lowest BCUT2D eigenvalue weighted by molar-refractivity contribution is -0.141. The molecule has 0 radical (unpaired) electrons. The van der Waals surface area contributed by atoms with Crippen molar-refractivity contribution in [3.8, 4) is 11.1 Å². The van der Waals surface area contributed by atoms with Gasteiger partial charge in [-0.25, -0.2) is 0 Å². The van der Waals surface area contributed by atoms with E-state index in [0.29, 0.717) is 28.2 Å². The second kappa shape index (κ2) is 12.5. The molecule has 1 aliphatic rings. The predicted octanol–water partition coefficient (Wildman–Crippen LogP) is 5.86. The van der Waals surface area contributed by atoms with Crippen molar-refractivity contribution in [2.24, 2.45) is 0 Å². The number of esters is 1. The zero-order valence-corrected chi connectivity index (χ0v) is 23.5. The van der Waals surface area contributed by atoms with Crippen LogP contribution in [0.15, 0.2) is 97.1 Å². The van der Waals surface area contributed by atoms with Gasteiger partial charge in [0.2, 0.25) is 5.91 Å². The lowest BCUT2D eigenvalue weighted by Crippen LogP contribution is -2.34. The van der Waals surface area contributed by atoms with E-state index < -0.39 is 5.97 Å². The fourth-order valence-corrected chi connectivity index (χ4v) is 4.97. The van der Waals surface area contributed by atoms with Crippen LogP contribution in [-0.2, 0) is 14.3 Å². The van der Waals surface area contributed by atoms with Gasteiger partial charge in [0.15, 0.2) is 0 Å². The number of nitrogens with zero attached hydrogens (tertiary/aromatic N) is 2. The number of aryl methyl sites for hydroxylation is 1. The van der Waals surface area contributed by atoms with E-state index in [2.05, 4.69) is 5.32 Å². The number of hydrogen-bond acceptors (Lipinski definition) is 5. The number of benzene rings is 4. The molecule has 8 heteroatoms. The Morgan fingerprint density at radius 2 is 1.50 bits per heavy atom. The number of anilines is 3. The first-order chi connectivity index (χ1) is 20.3. The molecular weight excluding hydrogens is 530 g/mol. The molecule has 8 nitrogen and oxygen atoms in total. The Morgan fingerprint density at radius 3 is 2.21 bits per heavy atom. The Morgan fingerprint density at radius 1 is 0.833 bits per heavy atom. The number of para-hydroxylation sites is 2. The van der Waals surface area contributed by atoms with Crippen LogP contribution in [-0.4, -0.2) is 43.4 Å². The largest absolute Gasteiger partial charge is 0.464 e. The molecule has 0 saturated heterocycles. The first-order valence-electron chi connectivity index (χ1n) is 13.7. The fraction of sp³-hybridized carbons (Fsp3) is 0.176. The summed E-state index contributed by atoms with van der Waals surface area (Å²) in [4.78, 5) is 54.2. The third-order valence-corrected chi connectivity index (χ3v) is 7.10. The number of carbonyl (C=O) groups is 4. The number of rotatable bonds is 7. The minimum absolute atomic E-state index is 0.0615. The number of amides is 3. The summed E-state index contributed by atoms with van der Waals surface area (Å²) in [7, 11) is 0. The number of ether oxygens (including phenoxy) is 1. The van der Waals surface area contributed by atoms with Gasteiger partial charge in [-0.2, -0.15) is 0 Å². The monoisotopic (exact) mass is 561 g/mol. The maximum atomic E-state index is 13.7. The molecule has 0 aromatic heterocycles. The molecule has 5 rings (SSSR count). The number of nitrogens with one attached hydrogen (secondary N) is 1. The summed E-state index contributed by atoms with van der Waals surface area (Å²) >= 11 is 0. The normalized spacial score (nSPS) is 12.8. The Balaban J connectivity index is 1.33. The third-order valence-electron chi connectivity index (χ3n) is 7.10. The van der Waals surface area contributed by atoms with Gasteiger partial charge in [0.25, 0.3) is 11.8 Å². The van der Waals surface area contributed by atoms with Gasteiger partial charge >= 0.3 is 5.97 Å². The molecule has 42 heavy (non-hydrogen) atoms. The van der Waals surface area contributed by atoms with E-state index in [1.165, 1.54) is 6.92 Å². The van der Waals surface area contributed by atoms with Gasteiger partial charge in [0.1, 0.15) is 6.61 Å². The van der Waals surface area contributed by atoms with Gasteiger partial charge in [-0.05, 0) is 60.5 Å². The van der Waals surface area contributed by atoms with Gasteiger partial charge in [0.05, 0.1) is 17.9 Å². The Hall–Kier alpha value is -5.24. The first-order valence-corrected chi connectivity index (χ1v) is 13.7. The van der Waals surface area contributed by atoms with Crippen molar-refractivity contribution in [2.45, 2.75) is 20.3 Å². The minimum atomic E-state index is -0.419. The van der Waals surface area contributed by atoms with Crippen molar-refractivity contribution in [3.05, 3.63) is 114 Å². The maximum Gasteiger partial charge on any atom is 0.302 e. The number of hydrogen-bond donors (Lipinski definition) is 1. The highest BCUT2D eigenvalue weighted by Gasteiger charge is 2.29. The minimum Gasteiger partial charge on any atom is -0.464 e. The van der Waals surface area contributed by atoms with Crippen LogP contribution in [0, 0.1) is 6.92 Å². The molecule has 0 saturated carbocycles. The summed E-state index contributed by atoms with van der Waals surface area (Å²) in [6, 6.07) is 29.4. The lowest BCUT2D eigenvalue weighted by atomic mass is 9.98. The van der Waals surface area contributed by atoms with Crippen molar-refractivity contribution < 1.29 is 23.9 Å². The molecule has 0 fully saturated rings. The van der Waals surface area contributed by atoms with Crippen molar-refractivity contribution in [1.29, 1.82) is 0 Å². The molecule has 4 aromatic rings. The highest BCUT2D eigenvalue weighted by Crippen LogP contribution is 2.34. The summed E-state index contributed by atoms with van der Waals surface area (Å²) in [5.74, 6) is -1.09. The Kier molecular flexibility index (Phi) is 8.43. The first kappa shape index (κ1) is 28.3. The molecular formula is C34H31N3O5. The summed E-state index contributed by atoms with van der Waals surface area (Å²) in [5, 5.41) is 2.94. The number of fused-ring (bicyclic) bond motifs is 1. The van der Waals surface area contributed by atoms with Crippen LogP contribution in [0.4, 0.5) is 17.1 Å². The van der Waals surface area contributed by atoms with E-state index in [9.17, 15) is 19.2 Å². The van der Waals surface area contributed by atoms with E-state index >= 15 is 0 Å². The van der Waals surface area contributed by atoms with Crippen LogP contribution < -0.4 is 15.1 Å². The number of carbonyl (C=O) groups excluding carboxylic acids is 4. The Bertz CT molecular complexity index is 1630. The average Bonchev–Trinajstić information content (AvgIpc) is 3.13. The van der Waals surface area contributed by atoms with Crippen LogP contribution >= 0.6 is 0 Å². The summed E-state index contributed by atoms with van der Waals surface area (Å²) < 4.78 is 5.05. The molecule has 4 aromatic carbocycles. The molecule has 1 aliphatic heterocycles. The molecule has 0 atom stereocenters. The molecule has 0 unspecified atom stereocenters. The van der Waals surface area contributed by atoms with Crippen molar-refractivity contribution >= 4 is 40.8 Å². The van der Waals surface area contributed by atoms with Crippen molar-refractivity contribution in [1.82, 2.24) is 0 Å². The highest BCUT2D eigenvalue weighted by atomic mass is 16.5. The third kappa shape index (κ3) is 6.23. The average molecular weight is 562 g/mol. The van der Waals surface area contributed by atoms with Gasteiger partial charge in [-0.3, -0.25) is 19.2 Å². The summed E-state index contributed by atoms with van der Waals surface area (Å²) in [5.41, 5.74) is 5.62. The van der Waals surface area contributed by atoms with Gasteiger partial charge < -0.3 is 19.9 Å². The second-order valence-electron chi connectivity index (χ2n) is 10.0. The molecule has 0 aliphatic carbocycles. The summed E-state index contributed by atoms with van der Waals surface area (Å²) in [6.07, 6.45) is 0.120. The molecule has 0 bridgehead atoms.